The highest BCUT2D eigenvalue weighted by molar-refractivity contribution is 5.74. The number of hydrogen-bond donors (Lipinski definition) is 2. The highest BCUT2D eigenvalue weighted by Gasteiger charge is 2.18. The van der Waals surface area contributed by atoms with Crippen LogP contribution >= 0.6 is 0 Å². The number of hydrazine groups is 1. The third kappa shape index (κ3) is 2.58. The molecule has 1 atom stereocenters. The zero-order valence-electron chi connectivity index (χ0n) is 10.9. The van der Waals surface area contributed by atoms with Crippen LogP contribution in [0.5, 0.6) is 0 Å². The van der Waals surface area contributed by atoms with Gasteiger partial charge in [0.15, 0.2) is 0 Å². The minimum absolute atomic E-state index is 0.140. The molecule has 3 N–H and O–H groups in total. The normalized spacial score (nSPS) is 12.5. The van der Waals surface area contributed by atoms with Crippen molar-refractivity contribution in [2.45, 2.75) is 6.04 Å². The molecule has 1 heterocycles. The van der Waals surface area contributed by atoms with Crippen LogP contribution in [0.15, 0.2) is 48.8 Å². The van der Waals surface area contributed by atoms with Gasteiger partial charge in [0.25, 0.3) is 0 Å². The Hall–Kier alpha value is -2.44. The molecule has 106 valence electrons. The van der Waals surface area contributed by atoms with Gasteiger partial charge in [0, 0.05) is 18.0 Å². The molecule has 0 fully saturated rings. The Labute approximate surface area is 119 Å². The number of nitrogens with one attached hydrogen (secondary N) is 1. The molecule has 0 spiro atoms. The van der Waals surface area contributed by atoms with E-state index in [0.29, 0.717) is 11.1 Å². The summed E-state index contributed by atoms with van der Waals surface area (Å²) in [6.45, 7) is 0. The van der Waals surface area contributed by atoms with Crippen LogP contribution in [0.3, 0.4) is 0 Å². The SMILES string of the molecule is NNC(c1ccc2nccnc2c1)c1cc(F)ccc1F. The van der Waals surface area contributed by atoms with Gasteiger partial charge in [-0.3, -0.25) is 15.8 Å². The highest BCUT2D eigenvalue weighted by atomic mass is 19.1. The minimum atomic E-state index is -0.674. The van der Waals surface area contributed by atoms with Gasteiger partial charge in [-0.1, -0.05) is 6.07 Å². The third-order valence-electron chi connectivity index (χ3n) is 3.26. The fraction of sp³-hybridized carbons (Fsp3) is 0.0667. The van der Waals surface area contributed by atoms with E-state index in [4.69, 9.17) is 5.84 Å². The topological polar surface area (TPSA) is 63.8 Å². The molecule has 0 radical (unpaired) electrons. The fourth-order valence-electron chi connectivity index (χ4n) is 2.26. The van der Waals surface area contributed by atoms with Crippen molar-refractivity contribution >= 4 is 11.0 Å². The molecular formula is C15H12F2N4. The first kappa shape index (κ1) is 13.5. The lowest BCUT2D eigenvalue weighted by atomic mass is 9.98. The number of nitrogens with zero attached hydrogens (tertiary/aromatic N) is 2. The van der Waals surface area contributed by atoms with Crippen molar-refractivity contribution in [2.75, 3.05) is 0 Å². The molecule has 0 aliphatic heterocycles. The van der Waals surface area contributed by atoms with E-state index in [1.807, 2.05) is 0 Å². The predicted molar refractivity (Wildman–Crippen MR) is 75.1 cm³/mol. The Morgan fingerprint density at radius 3 is 2.48 bits per heavy atom. The van der Waals surface area contributed by atoms with E-state index in [1.165, 1.54) is 0 Å². The van der Waals surface area contributed by atoms with E-state index < -0.39 is 17.7 Å². The van der Waals surface area contributed by atoms with Crippen LogP contribution in [-0.4, -0.2) is 9.97 Å². The molecule has 0 saturated heterocycles. The first-order valence-corrected chi connectivity index (χ1v) is 6.31. The number of halogens is 2. The van der Waals surface area contributed by atoms with Gasteiger partial charge in [0.1, 0.15) is 11.6 Å². The van der Waals surface area contributed by atoms with Crippen LogP contribution in [0, 0.1) is 11.6 Å². The minimum Gasteiger partial charge on any atom is -0.271 e. The lowest BCUT2D eigenvalue weighted by Gasteiger charge is -2.18. The molecule has 0 aliphatic rings. The van der Waals surface area contributed by atoms with Crippen molar-refractivity contribution in [1.82, 2.24) is 15.4 Å². The molecule has 0 saturated carbocycles. The summed E-state index contributed by atoms with van der Waals surface area (Å²) in [5, 5.41) is 0. The molecule has 0 aliphatic carbocycles. The second-order valence-corrected chi connectivity index (χ2v) is 4.57. The Morgan fingerprint density at radius 2 is 1.71 bits per heavy atom. The van der Waals surface area contributed by atoms with Crippen molar-refractivity contribution in [3.8, 4) is 0 Å². The summed E-state index contributed by atoms with van der Waals surface area (Å²) in [6.07, 6.45) is 3.16. The summed E-state index contributed by atoms with van der Waals surface area (Å²) in [5.41, 5.74) is 4.71. The molecule has 2 aromatic carbocycles. The van der Waals surface area contributed by atoms with E-state index in [-0.39, 0.29) is 5.56 Å². The molecule has 0 bridgehead atoms. The van der Waals surface area contributed by atoms with Crippen molar-refractivity contribution in [3.05, 3.63) is 71.6 Å². The summed E-state index contributed by atoms with van der Waals surface area (Å²) in [6, 6.07) is 7.86. The second kappa shape index (κ2) is 5.51. The van der Waals surface area contributed by atoms with Crippen molar-refractivity contribution in [1.29, 1.82) is 0 Å². The smallest absolute Gasteiger partial charge is 0.128 e. The van der Waals surface area contributed by atoms with Crippen LogP contribution in [0.1, 0.15) is 17.2 Å². The van der Waals surface area contributed by atoms with Gasteiger partial charge in [-0.2, -0.15) is 0 Å². The average molecular weight is 286 g/mol. The van der Waals surface area contributed by atoms with Crippen LogP contribution in [0.25, 0.3) is 11.0 Å². The summed E-state index contributed by atoms with van der Waals surface area (Å²) in [5.74, 6) is 4.47. The van der Waals surface area contributed by atoms with E-state index >= 15 is 0 Å². The Morgan fingerprint density at radius 1 is 0.952 bits per heavy atom. The van der Waals surface area contributed by atoms with Gasteiger partial charge in [-0.05, 0) is 35.9 Å². The first-order valence-electron chi connectivity index (χ1n) is 6.31. The fourth-order valence-corrected chi connectivity index (χ4v) is 2.26. The largest absolute Gasteiger partial charge is 0.271 e. The van der Waals surface area contributed by atoms with E-state index in [0.717, 1.165) is 23.7 Å². The molecule has 1 aromatic heterocycles. The second-order valence-electron chi connectivity index (χ2n) is 4.57. The quantitative estimate of drug-likeness (QED) is 0.573. The molecule has 1 unspecified atom stereocenters. The van der Waals surface area contributed by atoms with Crippen LogP contribution in [-0.2, 0) is 0 Å². The summed E-state index contributed by atoms with van der Waals surface area (Å²) >= 11 is 0. The van der Waals surface area contributed by atoms with Crippen LogP contribution < -0.4 is 11.3 Å². The Balaban J connectivity index is 2.11. The van der Waals surface area contributed by atoms with E-state index in [9.17, 15) is 8.78 Å². The zero-order chi connectivity index (χ0) is 14.8. The number of rotatable bonds is 3. The maximum atomic E-state index is 13.9. The van der Waals surface area contributed by atoms with Crippen LogP contribution in [0.2, 0.25) is 0 Å². The molecular weight excluding hydrogens is 274 g/mol. The Bertz CT molecular complexity index is 791. The first-order chi connectivity index (χ1) is 10.2. The number of aromatic nitrogens is 2. The van der Waals surface area contributed by atoms with Gasteiger partial charge in [0.2, 0.25) is 0 Å². The van der Waals surface area contributed by atoms with Crippen molar-refractivity contribution < 1.29 is 8.78 Å². The molecule has 3 rings (SSSR count). The molecule has 6 heteroatoms. The molecule has 3 aromatic rings. The number of benzene rings is 2. The average Bonchev–Trinajstić information content (AvgIpc) is 2.51. The predicted octanol–water partition coefficient (Wildman–Crippen LogP) is 2.46. The van der Waals surface area contributed by atoms with Gasteiger partial charge in [-0.15, -0.1) is 0 Å². The van der Waals surface area contributed by atoms with E-state index in [1.54, 1.807) is 30.6 Å². The van der Waals surface area contributed by atoms with Crippen LogP contribution in [0.4, 0.5) is 8.78 Å². The lowest BCUT2D eigenvalue weighted by Crippen LogP contribution is -2.29. The molecule has 4 nitrogen and oxygen atoms in total. The maximum Gasteiger partial charge on any atom is 0.128 e. The number of hydrogen-bond acceptors (Lipinski definition) is 4. The summed E-state index contributed by atoms with van der Waals surface area (Å²) in [7, 11) is 0. The number of fused-ring (bicyclic) bond motifs is 1. The van der Waals surface area contributed by atoms with Gasteiger partial charge < -0.3 is 0 Å². The lowest BCUT2D eigenvalue weighted by molar-refractivity contribution is 0.546. The monoisotopic (exact) mass is 286 g/mol. The third-order valence-corrected chi connectivity index (χ3v) is 3.26. The summed E-state index contributed by atoms with van der Waals surface area (Å²) < 4.78 is 27.3. The maximum absolute atomic E-state index is 13.9. The molecule has 0 amide bonds. The Kier molecular flexibility index (Phi) is 3.55. The zero-order valence-corrected chi connectivity index (χ0v) is 10.9. The molecule has 21 heavy (non-hydrogen) atoms. The van der Waals surface area contributed by atoms with Gasteiger partial charge in [0.05, 0.1) is 17.1 Å². The highest BCUT2D eigenvalue weighted by Crippen LogP contribution is 2.26. The van der Waals surface area contributed by atoms with E-state index in [2.05, 4.69) is 15.4 Å². The van der Waals surface area contributed by atoms with Crippen molar-refractivity contribution in [3.63, 3.8) is 0 Å². The standard InChI is InChI=1S/C15H12F2N4/c16-10-2-3-12(17)11(8-10)15(21-18)9-1-4-13-14(7-9)20-6-5-19-13/h1-8,15,21H,18H2. The number of nitrogens with two attached hydrogens (primary N) is 1. The van der Waals surface area contributed by atoms with Gasteiger partial charge in [-0.25, -0.2) is 14.2 Å². The van der Waals surface area contributed by atoms with Crippen molar-refractivity contribution in [2.24, 2.45) is 5.84 Å². The van der Waals surface area contributed by atoms with Gasteiger partial charge >= 0.3 is 0 Å². The summed E-state index contributed by atoms with van der Waals surface area (Å²) in [4.78, 5) is 8.36.